The van der Waals surface area contributed by atoms with E-state index in [9.17, 15) is 4.79 Å². The van der Waals surface area contributed by atoms with E-state index in [-0.39, 0.29) is 11.9 Å². The second-order valence-corrected chi connectivity index (χ2v) is 4.51. The Morgan fingerprint density at radius 2 is 2.11 bits per heavy atom. The molecule has 0 heterocycles. The molecule has 98 valence electrons. The minimum absolute atomic E-state index is 0.207. The number of rotatable bonds is 5. The van der Waals surface area contributed by atoms with E-state index in [0.29, 0.717) is 18.3 Å². The average Bonchev–Trinajstić information content (AvgIpc) is 2.35. The maximum absolute atomic E-state index is 11.1. The zero-order valence-electron chi connectivity index (χ0n) is 11.0. The van der Waals surface area contributed by atoms with Gasteiger partial charge in [0, 0.05) is 6.42 Å². The summed E-state index contributed by atoms with van der Waals surface area (Å²) in [5, 5.41) is 18.2. The molecule has 0 aliphatic heterocycles. The largest absolute Gasteiger partial charge is 0.488 e. The van der Waals surface area contributed by atoms with Crippen molar-refractivity contribution in [3.63, 3.8) is 0 Å². The first kappa shape index (κ1) is 14.7. The van der Waals surface area contributed by atoms with Crippen LogP contribution in [0.3, 0.4) is 0 Å². The molecule has 0 saturated heterocycles. The second kappa shape index (κ2) is 6.57. The van der Waals surface area contributed by atoms with Crippen LogP contribution in [0.15, 0.2) is 18.2 Å². The van der Waals surface area contributed by atoms with Gasteiger partial charge in [0.1, 0.15) is 0 Å². The molecule has 2 N–H and O–H groups in total. The Morgan fingerprint density at radius 3 is 2.61 bits per heavy atom. The molecule has 1 rings (SSSR count). The molecule has 1 aromatic rings. The van der Waals surface area contributed by atoms with Crippen molar-refractivity contribution in [2.24, 2.45) is 0 Å². The zero-order chi connectivity index (χ0) is 13.7. The fourth-order valence-corrected chi connectivity index (χ4v) is 2.00. The fraction of sp³-hybridized carbons (Fsp3) is 0.462. The second-order valence-electron chi connectivity index (χ2n) is 4.51. The Labute approximate surface area is 108 Å². The van der Waals surface area contributed by atoms with Gasteiger partial charge in [0.05, 0.1) is 7.11 Å². The van der Waals surface area contributed by atoms with E-state index < -0.39 is 7.12 Å². The lowest BCUT2D eigenvalue weighted by molar-refractivity contribution is -0.140. The minimum Gasteiger partial charge on any atom is -0.469 e. The van der Waals surface area contributed by atoms with Crippen LogP contribution in [0.5, 0.6) is 0 Å². The van der Waals surface area contributed by atoms with Crippen molar-refractivity contribution in [2.75, 3.05) is 7.11 Å². The summed E-state index contributed by atoms with van der Waals surface area (Å²) in [6, 6.07) is 5.34. The third-order valence-electron chi connectivity index (χ3n) is 3.13. The highest BCUT2D eigenvalue weighted by atomic mass is 16.5. The Hall–Kier alpha value is -1.33. The summed E-state index contributed by atoms with van der Waals surface area (Å²) in [5.41, 5.74) is 2.60. The van der Waals surface area contributed by atoms with Crippen molar-refractivity contribution in [2.45, 2.75) is 32.6 Å². The van der Waals surface area contributed by atoms with Crippen LogP contribution in [0, 0.1) is 6.92 Å². The topological polar surface area (TPSA) is 66.8 Å². The first-order valence-electron chi connectivity index (χ1n) is 5.99. The van der Waals surface area contributed by atoms with Crippen LogP contribution in [-0.4, -0.2) is 30.2 Å². The quantitative estimate of drug-likeness (QED) is 0.597. The molecule has 1 atom stereocenters. The molecule has 18 heavy (non-hydrogen) atoms. The number of carbonyl (C=O) groups is 1. The number of carbonyl (C=O) groups excluding carboxylic acids is 1. The highest BCUT2D eigenvalue weighted by Gasteiger charge is 2.15. The highest BCUT2D eigenvalue weighted by Crippen LogP contribution is 2.23. The molecule has 0 fully saturated rings. The summed E-state index contributed by atoms with van der Waals surface area (Å²) in [5.74, 6) is 0.0240. The molecule has 0 aromatic heterocycles. The van der Waals surface area contributed by atoms with Crippen molar-refractivity contribution in [3.05, 3.63) is 29.3 Å². The van der Waals surface area contributed by atoms with Crippen molar-refractivity contribution in [3.8, 4) is 0 Å². The van der Waals surface area contributed by atoms with Gasteiger partial charge in [-0.1, -0.05) is 25.1 Å². The lowest BCUT2D eigenvalue weighted by atomic mass is 9.78. The summed E-state index contributed by atoms with van der Waals surface area (Å²) in [6.45, 7) is 3.97. The van der Waals surface area contributed by atoms with Gasteiger partial charge in [0.2, 0.25) is 0 Å². The summed E-state index contributed by atoms with van der Waals surface area (Å²) >= 11 is 0. The third-order valence-corrected chi connectivity index (χ3v) is 3.13. The standard InChI is InChI=1S/C13H19BO4/c1-9(4-7-13(15)18-3)12-6-5-11(14(16)17)8-10(12)2/h5-6,8-9,16-17H,4,7H2,1-3H3/t9-/m0/s1. The molecule has 0 radical (unpaired) electrons. The Kier molecular flexibility index (Phi) is 5.37. The van der Waals surface area contributed by atoms with Gasteiger partial charge in [-0.2, -0.15) is 0 Å². The predicted molar refractivity (Wildman–Crippen MR) is 70.7 cm³/mol. The normalized spacial score (nSPS) is 12.1. The SMILES string of the molecule is COC(=O)CC[C@H](C)c1ccc(B(O)O)cc1C. The molecule has 1 aromatic carbocycles. The molecular weight excluding hydrogens is 231 g/mol. The van der Waals surface area contributed by atoms with Gasteiger partial charge in [-0.3, -0.25) is 4.79 Å². The summed E-state index contributed by atoms with van der Waals surface area (Å²) in [6.07, 6.45) is 1.11. The lowest BCUT2D eigenvalue weighted by Crippen LogP contribution is -2.30. The lowest BCUT2D eigenvalue weighted by Gasteiger charge is -2.15. The maximum atomic E-state index is 11.1. The molecule has 0 bridgehead atoms. The Morgan fingerprint density at radius 1 is 1.44 bits per heavy atom. The first-order chi connectivity index (χ1) is 8.45. The Balaban J connectivity index is 2.74. The zero-order valence-corrected chi connectivity index (χ0v) is 11.0. The van der Waals surface area contributed by atoms with E-state index in [4.69, 9.17) is 10.0 Å². The highest BCUT2D eigenvalue weighted by molar-refractivity contribution is 6.58. The van der Waals surface area contributed by atoms with Crippen molar-refractivity contribution in [1.82, 2.24) is 0 Å². The van der Waals surface area contributed by atoms with E-state index in [2.05, 4.69) is 4.74 Å². The molecule has 0 aliphatic carbocycles. The van der Waals surface area contributed by atoms with E-state index in [0.717, 1.165) is 11.1 Å². The number of methoxy groups -OCH3 is 1. The Bertz CT molecular complexity index is 417. The molecule has 0 spiro atoms. The molecule has 0 unspecified atom stereocenters. The van der Waals surface area contributed by atoms with Crippen LogP contribution < -0.4 is 5.46 Å². The van der Waals surface area contributed by atoms with Crippen LogP contribution in [0.2, 0.25) is 0 Å². The van der Waals surface area contributed by atoms with E-state index in [1.165, 1.54) is 7.11 Å². The summed E-state index contributed by atoms with van der Waals surface area (Å²) in [4.78, 5) is 11.1. The smallest absolute Gasteiger partial charge is 0.469 e. The summed E-state index contributed by atoms with van der Waals surface area (Å²) < 4.78 is 4.61. The van der Waals surface area contributed by atoms with Gasteiger partial charge in [-0.15, -0.1) is 0 Å². The van der Waals surface area contributed by atoms with Gasteiger partial charge in [0.15, 0.2) is 0 Å². The molecule has 0 amide bonds. The van der Waals surface area contributed by atoms with Crippen molar-refractivity contribution >= 4 is 18.6 Å². The number of hydrogen-bond donors (Lipinski definition) is 2. The number of benzene rings is 1. The van der Waals surface area contributed by atoms with Crippen LogP contribution in [0.25, 0.3) is 0 Å². The van der Waals surface area contributed by atoms with E-state index >= 15 is 0 Å². The van der Waals surface area contributed by atoms with Gasteiger partial charge in [-0.05, 0) is 35.9 Å². The van der Waals surface area contributed by atoms with E-state index in [1.54, 1.807) is 12.1 Å². The maximum Gasteiger partial charge on any atom is 0.488 e. The predicted octanol–water partition coefficient (Wildman–Crippen LogP) is 0.732. The van der Waals surface area contributed by atoms with E-state index in [1.807, 2.05) is 19.9 Å². The average molecular weight is 250 g/mol. The van der Waals surface area contributed by atoms with Crippen molar-refractivity contribution in [1.29, 1.82) is 0 Å². The number of hydrogen-bond acceptors (Lipinski definition) is 4. The van der Waals surface area contributed by atoms with Gasteiger partial charge >= 0.3 is 13.1 Å². The third kappa shape index (κ3) is 3.86. The van der Waals surface area contributed by atoms with Crippen LogP contribution in [0.4, 0.5) is 0 Å². The molecule has 0 aliphatic rings. The fourth-order valence-electron chi connectivity index (χ4n) is 2.00. The number of ether oxygens (including phenoxy) is 1. The van der Waals surface area contributed by atoms with Crippen molar-refractivity contribution < 1.29 is 19.6 Å². The molecule has 0 saturated carbocycles. The van der Waals surface area contributed by atoms with Crippen LogP contribution >= 0.6 is 0 Å². The first-order valence-corrected chi connectivity index (χ1v) is 5.99. The van der Waals surface area contributed by atoms with Crippen LogP contribution in [-0.2, 0) is 9.53 Å². The minimum atomic E-state index is -1.44. The van der Waals surface area contributed by atoms with Gasteiger partial charge < -0.3 is 14.8 Å². The van der Waals surface area contributed by atoms with Gasteiger partial charge in [-0.25, -0.2) is 0 Å². The number of aryl methyl sites for hydroxylation is 1. The summed E-state index contributed by atoms with van der Waals surface area (Å²) in [7, 11) is -0.0569. The molecule has 5 heteroatoms. The number of esters is 1. The van der Waals surface area contributed by atoms with Crippen LogP contribution in [0.1, 0.15) is 36.8 Å². The molecular formula is C13H19BO4. The van der Waals surface area contributed by atoms with Gasteiger partial charge in [0.25, 0.3) is 0 Å². The monoisotopic (exact) mass is 250 g/mol. The molecule has 4 nitrogen and oxygen atoms in total.